The Labute approximate surface area is 114 Å². The molecule has 1 aromatic heterocycles. The van der Waals surface area contributed by atoms with Gasteiger partial charge in [-0.3, -0.25) is 10.1 Å². The van der Waals surface area contributed by atoms with E-state index in [4.69, 9.17) is 0 Å². The van der Waals surface area contributed by atoms with Gasteiger partial charge in [-0.25, -0.2) is 4.68 Å². The predicted molar refractivity (Wildman–Crippen MR) is 75.8 cm³/mol. The van der Waals surface area contributed by atoms with Crippen molar-refractivity contribution in [2.24, 2.45) is 0 Å². The summed E-state index contributed by atoms with van der Waals surface area (Å²) in [5.74, 6) is 0. The summed E-state index contributed by atoms with van der Waals surface area (Å²) in [6.07, 6.45) is 3.60. The molecule has 0 aliphatic rings. The van der Waals surface area contributed by atoms with Gasteiger partial charge in [-0.1, -0.05) is 17.3 Å². The summed E-state index contributed by atoms with van der Waals surface area (Å²) in [6, 6.07) is 14.0. The van der Waals surface area contributed by atoms with Crippen LogP contribution in [0, 0.1) is 10.1 Å². The maximum Gasteiger partial charge on any atom is 0.269 e. The molecule has 6 heteroatoms. The molecule has 0 radical (unpaired) electrons. The number of non-ortho nitro benzene ring substituents is 1. The molecule has 0 bridgehead atoms. The number of fused-ring (bicyclic) bond motifs is 1. The van der Waals surface area contributed by atoms with Gasteiger partial charge >= 0.3 is 0 Å². The number of benzene rings is 2. The molecule has 3 rings (SSSR count). The van der Waals surface area contributed by atoms with E-state index in [0.29, 0.717) is 0 Å². The summed E-state index contributed by atoms with van der Waals surface area (Å²) in [5, 5.41) is 18.6. The molecule has 0 atom stereocenters. The van der Waals surface area contributed by atoms with Crippen molar-refractivity contribution >= 4 is 29.0 Å². The number of nitro benzene ring substituents is 1. The van der Waals surface area contributed by atoms with E-state index >= 15 is 0 Å². The van der Waals surface area contributed by atoms with Gasteiger partial charge in [-0.15, -0.1) is 5.10 Å². The average Bonchev–Trinajstić information content (AvgIpc) is 2.89. The first kappa shape index (κ1) is 12.0. The van der Waals surface area contributed by atoms with Crippen molar-refractivity contribution in [1.29, 1.82) is 0 Å². The highest BCUT2D eigenvalue weighted by atomic mass is 16.6. The van der Waals surface area contributed by atoms with E-state index in [9.17, 15) is 10.1 Å². The van der Waals surface area contributed by atoms with Crippen molar-refractivity contribution < 1.29 is 4.92 Å². The van der Waals surface area contributed by atoms with E-state index in [1.54, 1.807) is 23.0 Å². The third kappa shape index (κ3) is 2.26. The Morgan fingerprint density at radius 1 is 1.10 bits per heavy atom. The first-order valence-electron chi connectivity index (χ1n) is 5.96. The van der Waals surface area contributed by atoms with Crippen LogP contribution in [0.3, 0.4) is 0 Å². The second-order valence-electron chi connectivity index (χ2n) is 4.19. The smallest absolute Gasteiger partial charge is 0.258 e. The number of para-hydroxylation sites is 1. The van der Waals surface area contributed by atoms with E-state index in [0.717, 1.165) is 16.6 Å². The van der Waals surface area contributed by atoms with Crippen LogP contribution in [-0.2, 0) is 0 Å². The minimum absolute atomic E-state index is 0.0772. The molecule has 98 valence electrons. The Balaban J connectivity index is 1.88. The molecule has 0 spiro atoms. The van der Waals surface area contributed by atoms with E-state index < -0.39 is 4.92 Å². The molecule has 6 nitrogen and oxygen atoms in total. The van der Waals surface area contributed by atoms with Gasteiger partial charge in [0, 0.05) is 18.3 Å². The van der Waals surface area contributed by atoms with Crippen LogP contribution in [0.1, 0.15) is 5.56 Å². The highest BCUT2D eigenvalue weighted by molar-refractivity contribution is 5.77. The number of hydrogen-bond donors (Lipinski definition) is 0. The molecule has 20 heavy (non-hydrogen) atoms. The van der Waals surface area contributed by atoms with Gasteiger partial charge in [-0.2, -0.15) is 0 Å². The largest absolute Gasteiger partial charge is 0.269 e. The van der Waals surface area contributed by atoms with Crippen LogP contribution in [0.2, 0.25) is 0 Å². The molecule has 0 saturated heterocycles. The van der Waals surface area contributed by atoms with Crippen molar-refractivity contribution in [1.82, 2.24) is 15.0 Å². The molecular formula is C14H10N4O2. The van der Waals surface area contributed by atoms with Gasteiger partial charge < -0.3 is 0 Å². The average molecular weight is 266 g/mol. The van der Waals surface area contributed by atoms with Crippen molar-refractivity contribution in [3.63, 3.8) is 0 Å². The standard InChI is InChI=1S/C14H10N4O2/c19-18(20)12-7-5-11(6-8-12)9-10-17-14-4-2-1-3-13(14)15-16-17/h1-10H/b10-9+. The number of rotatable bonds is 3. The molecule has 0 unspecified atom stereocenters. The van der Waals surface area contributed by atoms with E-state index in [-0.39, 0.29) is 5.69 Å². The molecule has 0 N–H and O–H groups in total. The van der Waals surface area contributed by atoms with Crippen LogP contribution < -0.4 is 0 Å². The molecule has 0 fully saturated rings. The molecule has 0 aliphatic heterocycles. The number of nitrogens with zero attached hydrogens (tertiary/aromatic N) is 4. The van der Waals surface area contributed by atoms with E-state index in [1.165, 1.54) is 12.1 Å². The van der Waals surface area contributed by atoms with Crippen LogP contribution in [0.15, 0.2) is 48.5 Å². The van der Waals surface area contributed by atoms with Crippen LogP contribution in [0.5, 0.6) is 0 Å². The predicted octanol–water partition coefficient (Wildman–Crippen LogP) is 2.97. The summed E-state index contributed by atoms with van der Waals surface area (Å²) in [6.45, 7) is 0. The molecule has 3 aromatic rings. The van der Waals surface area contributed by atoms with Gasteiger partial charge in [0.2, 0.25) is 0 Å². The Bertz CT molecular complexity index is 790. The molecule has 2 aromatic carbocycles. The fourth-order valence-electron chi connectivity index (χ4n) is 1.86. The topological polar surface area (TPSA) is 73.8 Å². The van der Waals surface area contributed by atoms with Gasteiger partial charge in [0.05, 0.1) is 10.4 Å². The van der Waals surface area contributed by atoms with E-state index in [1.807, 2.05) is 30.3 Å². The van der Waals surface area contributed by atoms with Crippen LogP contribution in [0.4, 0.5) is 5.69 Å². The lowest BCUT2D eigenvalue weighted by Gasteiger charge is -1.95. The first-order chi connectivity index (χ1) is 9.74. The number of nitro groups is 1. The van der Waals surface area contributed by atoms with Gasteiger partial charge in [0.15, 0.2) is 0 Å². The van der Waals surface area contributed by atoms with Crippen LogP contribution in [0.25, 0.3) is 23.3 Å². The quantitative estimate of drug-likeness (QED) is 0.539. The lowest BCUT2D eigenvalue weighted by Crippen LogP contribution is -1.89. The molecule has 1 heterocycles. The summed E-state index contributed by atoms with van der Waals surface area (Å²) in [7, 11) is 0. The lowest BCUT2D eigenvalue weighted by atomic mass is 10.2. The minimum atomic E-state index is -0.418. The van der Waals surface area contributed by atoms with Gasteiger partial charge in [-0.05, 0) is 35.9 Å². The Hall–Kier alpha value is -3.02. The second-order valence-corrected chi connectivity index (χ2v) is 4.19. The molecule has 0 saturated carbocycles. The fraction of sp³-hybridized carbons (Fsp3) is 0. The van der Waals surface area contributed by atoms with Gasteiger partial charge in [0.1, 0.15) is 5.52 Å². The normalized spacial score (nSPS) is 11.2. The molecule has 0 aliphatic carbocycles. The maximum absolute atomic E-state index is 10.6. The summed E-state index contributed by atoms with van der Waals surface area (Å²) < 4.78 is 1.66. The first-order valence-corrected chi connectivity index (χ1v) is 5.96. The maximum atomic E-state index is 10.6. The van der Waals surface area contributed by atoms with Crippen LogP contribution in [-0.4, -0.2) is 19.9 Å². The van der Waals surface area contributed by atoms with Crippen molar-refractivity contribution in [2.75, 3.05) is 0 Å². The van der Waals surface area contributed by atoms with Crippen molar-refractivity contribution in [2.45, 2.75) is 0 Å². The summed E-state index contributed by atoms with van der Waals surface area (Å²) >= 11 is 0. The Morgan fingerprint density at radius 2 is 1.85 bits per heavy atom. The second kappa shape index (κ2) is 4.93. The lowest BCUT2D eigenvalue weighted by molar-refractivity contribution is -0.384. The monoisotopic (exact) mass is 266 g/mol. The summed E-state index contributed by atoms with van der Waals surface area (Å²) in [5.41, 5.74) is 2.66. The zero-order valence-corrected chi connectivity index (χ0v) is 10.4. The van der Waals surface area contributed by atoms with Gasteiger partial charge in [0.25, 0.3) is 5.69 Å². The van der Waals surface area contributed by atoms with Crippen molar-refractivity contribution in [3.05, 3.63) is 64.2 Å². The number of aromatic nitrogens is 3. The Morgan fingerprint density at radius 3 is 2.60 bits per heavy atom. The van der Waals surface area contributed by atoms with Crippen LogP contribution >= 0.6 is 0 Å². The third-order valence-corrected chi connectivity index (χ3v) is 2.89. The van der Waals surface area contributed by atoms with Crippen molar-refractivity contribution in [3.8, 4) is 0 Å². The zero-order valence-electron chi connectivity index (χ0n) is 10.4. The highest BCUT2D eigenvalue weighted by Gasteiger charge is 2.03. The molecular weight excluding hydrogens is 256 g/mol. The Kier molecular flexibility index (Phi) is 2.96. The highest BCUT2D eigenvalue weighted by Crippen LogP contribution is 2.14. The number of hydrogen-bond acceptors (Lipinski definition) is 4. The van der Waals surface area contributed by atoms with E-state index in [2.05, 4.69) is 10.3 Å². The zero-order chi connectivity index (χ0) is 13.9. The SMILES string of the molecule is O=[N+]([O-])c1ccc(/C=C/n2nnc3ccccc32)cc1. The summed E-state index contributed by atoms with van der Waals surface area (Å²) in [4.78, 5) is 10.2. The minimum Gasteiger partial charge on any atom is -0.258 e. The third-order valence-electron chi connectivity index (χ3n) is 2.89. The fourth-order valence-corrected chi connectivity index (χ4v) is 1.86. The molecule has 0 amide bonds.